The highest BCUT2D eigenvalue weighted by Crippen LogP contribution is 2.19. The topological polar surface area (TPSA) is 75.2 Å². The highest BCUT2D eigenvalue weighted by Gasteiger charge is 2.11. The van der Waals surface area contributed by atoms with Gasteiger partial charge in [-0.15, -0.1) is 0 Å². The summed E-state index contributed by atoms with van der Waals surface area (Å²) >= 11 is 0. The summed E-state index contributed by atoms with van der Waals surface area (Å²) < 4.78 is 0. The van der Waals surface area contributed by atoms with E-state index in [1.54, 1.807) is 24.3 Å². The Morgan fingerprint density at radius 2 is 1.50 bits per heavy atom. The second-order valence-corrected chi connectivity index (χ2v) is 5.75. The van der Waals surface area contributed by atoms with Crippen LogP contribution in [-0.2, 0) is 0 Å². The standard InChI is InChI=1S/C20H18N4O2/c1-14(25)15-8-10-17(11-9-15)23-19(26)16-12-21-20(22-13-16)24(2)18-6-4-3-5-7-18/h3-13H,1-2H3,(H,23,26). The number of Topliss-reactive ketones (excluding diaryl/α,β-unsaturated/α-hetero) is 1. The van der Waals surface area contributed by atoms with E-state index in [0.29, 0.717) is 22.8 Å². The number of carbonyl (C=O) groups excluding carboxylic acids is 2. The van der Waals surface area contributed by atoms with E-state index in [9.17, 15) is 9.59 Å². The van der Waals surface area contributed by atoms with Crippen molar-refractivity contribution in [2.24, 2.45) is 0 Å². The number of nitrogens with zero attached hydrogens (tertiary/aromatic N) is 3. The maximum absolute atomic E-state index is 12.3. The quantitative estimate of drug-likeness (QED) is 0.713. The summed E-state index contributed by atoms with van der Waals surface area (Å²) in [4.78, 5) is 34.0. The number of ketones is 1. The molecule has 0 atom stereocenters. The molecule has 0 aliphatic rings. The Morgan fingerprint density at radius 1 is 0.885 bits per heavy atom. The van der Waals surface area contributed by atoms with E-state index in [-0.39, 0.29) is 11.7 Å². The van der Waals surface area contributed by atoms with Gasteiger partial charge in [0.05, 0.1) is 5.56 Å². The fourth-order valence-corrected chi connectivity index (χ4v) is 2.37. The van der Waals surface area contributed by atoms with Crippen LogP contribution >= 0.6 is 0 Å². The zero-order valence-electron chi connectivity index (χ0n) is 14.5. The van der Waals surface area contributed by atoms with Crippen LogP contribution in [0.25, 0.3) is 0 Å². The number of benzene rings is 2. The summed E-state index contributed by atoms with van der Waals surface area (Å²) in [7, 11) is 1.86. The summed E-state index contributed by atoms with van der Waals surface area (Å²) in [6, 6.07) is 16.4. The molecule has 0 unspecified atom stereocenters. The highest BCUT2D eigenvalue weighted by molar-refractivity contribution is 6.04. The van der Waals surface area contributed by atoms with E-state index in [2.05, 4.69) is 15.3 Å². The van der Waals surface area contributed by atoms with Crippen LogP contribution in [0.5, 0.6) is 0 Å². The summed E-state index contributed by atoms with van der Waals surface area (Å²) in [5.41, 5.74) is 2.51. The Morgan fingerprint density at radius 3 is 2.08 bits per heavy atom. The van der Waals surface area contributed by atoms with Gasteiger partial charge in [0.1, 0.15) is 0 Å². The molecule has 1 aromatic heterocycles. The van der Waals surface area contributed by atoms with Crippen molar-refractivity contribution in [1.29, 1.82) is 0 Å². The van der Waals surface area contributed by atoms with Crippen molar-refractivity contribution in [3.63, 3.8) is 0 Å². The molecule has 6 heteroatoms. The van der Waals surface area contributed by atoms with Gasteiger partial charge in [0.25, 0.3) is 5.91 Å². The smallest absolute Gasteiger partial charge is 0.258 e. The second kappa shape index (κ2) is 7.57. The van der Waals surface area contributed by atoms with Gasteiger partial charge in [-0.2, -0.15) is 0 Å². The number of aromatic nitrogens is 2. The molecular weight excluding hydrogens is 328 g/mol. The summed E-state index contributed by atoms with van der Waals surface area (Å²) in [5.74, 6) is 0.169. The monoisotopic (exact) mass is 346 g/mol. The molecule has 1 heterocycles. The van der Waals surface area contributed by atoms with E-state index in [0.717, 1.165) is 5.69 Å². The molecule has 0 spiro atoms. The van der Waals surface area contributed by atoms with E-state index in [1.807, 2.05) is 42.3 Å². The number of para-hydroxylation sites is 1. The fourth-order valence-electron chi connectivity index (χ4n) is 2.37. The summed E-state index contributed by atoms with van der Waals surface area (Å²) in [6.45, 7) is 1.50. The van der Waals surface area contributed by atoms with Crippen LogP contribution in [-0.4, -0.2) is 28.7 Å². The molecule has 0 saturated heterocycles. The van der Waals surface area contributed by atoms with E-state index in [4.69, 9.17) is 0 Å². The summed E-state index contributed by atoms with van der Waals surface area (Å²) in [5, 5.41) is 2.76. The van der Waals surface area contributed by atoms with Crippen molar-refractivity contribution < 1.29 is 9.59 Å². The minimum atomic E-state index is -0.311. The number of nitrogens with one attached hydrogen (secondary N) is 1. The lowest BCUT2D eigenvalue weighted by Gasteiger charge is -2.16. The predicted molar refractivity (Wildman–Crippen MR) is 101 cm³/mol. The van der Waals surface area contributed by atoms with Crippen molar-refractivity contribution in [1.82, 2.24) is 9.97 Å². The predicted octanol–water partition coefficient (Wildman–Crippen LogP) is 3.70. The number of carbonyl (C=O) groups is 2. The molecule has 1 N–H and O–H groups in total. The summed E-state index contributed by atoms with van der Waals surface area (Å²) in [6.07, 6.45) is 2.97. The largest absolute Gasteiger partial charge is 0.322 e. The molecule has 130 valence electrons. The zero-order chi connectivity index (χ0) is 18.5. The minimum absolute atomic E-state index is 0.0191. The molecule has 3 aromatic rings. The van der Waals surface area contributed by atoms with Crippen molar-refractivity contribution in [3.8, 4) is 0 Å². The molecule has 0 bridgehead atoms. The van der Waals surface area contributed by atoms with Gasteiger partial charge in [0.15, 0.2) is 5.78 Å². The molecule has 0 saturated carbocycles. The molecule has 0 aliphatic carbocycles. The van der Waals surface area contributed by atoms with E-state index >= 15 is 0 Å². The second-order valence-electron chi connectivity index (χ2n) is 5.75. The van der Waals surface area contributed by atoms with Gasteiger partial charge in [0, 0.05) is 36.4 Å². The number of anilines is 3. The van der Waals surface area contributed by atoms with Crippen molar-refractivity contribution in [3.05, 3.63) is 78.1 Å². The van der Waals surface area contributed by atoms with Crippen molar-refractivity contribution >= 4 is 29.0 Å². The van der Waals surface area contributed by atoms with Gasteiger partial charge in [0.2, 0.25) is 5.95 Å². The van der Waals surface area contributed by atoms with E-state index in [1.165, 1.54) is 19.3 Å². The number of hydrogen-bond donors (Lipinski definition) is 1. The molecule has 0 radical (unpaired) electrons. The maximum atomic E-state index is 12.3. The molecule has 0 fully saturated rings. The van der Waals surface area contributed by atoms with Crippen LogP contribution < -0.4 is 10.2 Å². The van der Waals surface area contributed by atoms with Gasteiger partial charge in [-0.25, -0.2) is 9.97 Å². The Bertz CT molecular complexity index is 907. The van der Waals surface area contributed by atoms with Gasteiger partial charge >= 0.3 is 0 Å². The molecule has 6 nitrogen and oxygen atoms in total. The first-order chi connectivity index (χ1) is 12.5. The third-order valence-electron chi connectivity index (χ3n) is 3.89. The lowest BCUT2D eigenvalue weighted by molar-refractivity contribution is 0.101. The molecular formula is C20H18N4O2. The van der Waals surface area contributed by atoms with Crippen LogP contribution in [0, 0.1) is 0 Å². The average molecular weight is 346 g/mol. The Hall–Kier alpha value is -3.54. The number of amides is 1. The first kappa shape index (κ1) is 17.3. The molecule has 2 aromatic carbocycles. The molecule has 0 aliphatic heterocycles. The number of rotatable bonds is 5. The Balaban J connectivity index is 1.69. The lowest BCUT2D eigenvalue weighted by atomic mass is 10.1. The lowest BCUT2D eigenvalue weighted by Crippen LogP contribution is -2.16. The average Bonchev–Trinajstić information content (AvgIpc) is 2.68. The molecule has 3 rings (SSSR count). The van der Waals surface area contributed by atoms with Gasteiger partial charge in [-0.1, -0.05) is 18.2 Å². The third kappa shape index (κ3) is 3.92. The van der Waals surface area contributed by atoms with Crippen LogP contribution in [0.4, 0.5) is 17.3 Å². The first-order valence-corrected chi connectivity index (χ1v) is 8.08. The van der Waals surface area contributed by atoms with Gasteiger partial charge in [-0.3, -0.25) is 9.59 Å². The first-order valence-electron chi connectivity index (χ1n) is 8.08. The van der Waals surface area contributed by atoms with Crippen LogP contribution in [0.1, 0.15) is 27.6 Å². The zero-order valence-corrected chi connectivity index (χ0v) is 14.5. The Kier molecular flexibility index (Phi) is 5.03. The van der Waals surface area contributed by atoms with Crippen molar-refractivity contribution in [2.75, 3.05) is 17.3 Å². The highest BCUT2D eigenvalue weighted by atomic mass is 16.1. The van der Waals surface area contributed by atoms with Gasteiger partial charge in [-0.05, 0) is 43.3 Å². The number of hydrogen-bond acceptors (Lipinski definition) is 5. The Labute approximate surface area is 151 Å². The third-order valence-corrected chi connectivity index (χ3v) is 3.89. The fraction of sp³-hybridized carbons (Fsp3) is 0.100. The minimum Gasteiger partial charge on any atom is -0.322 e. The van der Waals surface area contributed by atoms with E-state index < -0.39 is 0 Å². The van der Waals surface area contributed by atoms with Crippen LogP contribution in [0.15, 0.2) is 67.0 Å². The molecule has 1 amide bonds. The van der Waals surface area contributed by atoms with Crippen LogP contribution in [0.3, 0.4) is 0 Å². The van der Waals surface area contributed by atoms with Crippen molar-refractivity contribution in [2.45, 2.75) is 6.92 Å². The van der Waals surface area contributed by atoms with Crippen LogP contribution in [0.2, 0.25) is 0 Å². The van der Waals surface area contributed by atoms with Gasteiger partial charge < -0.3 is 10.2 Å². The maximum Gasteiger partial charge on any atom is 0.258 e. The normalized spacial score (nSPS) is 10.2. The SMILES string of the molecule is CC(=O)c1ccc(NC(=O)c2cnc(N(C)c3ccccc3)nc2)cc1. The molecule has 26 heavy (non-hydrogen) atoms.